The highest BCUT2D eigenvalue weighted by atomic mass is 16.5. The van der Waals surface area contributed by atoms with Crippen molar-refractivity contribution in [2.45, 2.75) is 19.3 Å². The van der Waals surface area contributed by atoms with Gasteiger partial charge in [-0.3, -0.25) is 9.78 Å². The van der Waals surface area contributed by atoms with Crippen LogP contribution in [0, 0.1) is 0 Å². The Labute approximate surface area is 215 Å². The molecule has 0 amide bonds. The van der Waals surface area contributed by atoms with Crippen LogP contribution in [0.3, 0.4) is 0 Å². The molecule has 5 aromatic rings. The Bertz CT molecular complexity index is 1510. The third kappa shape index (κ3) is 5.43. The van der Waals surface area contributed by atoms with Gasteiger partial charge >= 0.3 is 0 Å². The lowest BCUT2D eigenvalue weighted by Crippen LogP contribution is -2.02. The Morgan fingerprint density at radius 2 is 1.73 bits per heavy atom. The summed E-state index contributed by atoms with van der Waals surface area (Å²) in [4.78, 5) is 26.0. The van der Waals surface area contributed by atoms with Gasteiger partial charge in [0.15, 0.2) is 28.7 Å². The number of benzene rings is 2. The number of ether oxygens (including phenoxy) is 2. The van der Waals surface area contributed by atoms with Crippen molar-refractivity contribution in [3.8, 4) is 22.8 Å². The molecule has 37 heavy (non-hydrogen) atoms. The summed E-state index contributed by atoms with van der Waals surface area (Å²) in [5.41, 5.74) is 5.03. The third-order valence-electron chi connectivity index (χ3n) is 6.14. The summed E-state index contributed by atoms with van der Waals surface area (Å²) in [7, 11) is 3.20. The van der Waals surface area contributed by atoms with Crippen LogP contribution in [-0.2, 0) is 6.42 Å². The zero-order chi connectivity index (χ0) is 25.6. The molecular formula is C29H27N5O3. The van der Waals surface area contributed by atoms with Crippen LogP contribution >= 0.6 is 0 Å². The van der Waals surface area contributed by atoms with Crippen LogP contribution in [0.1, 0.15) is 28.8 Å². The maximum absolute atomic E-state index is 12.7. The molecule has 0 aliphatic carbocycles. The minimum atomic E-state index is 0.134. The van der Waals surface area contributed by atoms with E-state index in [0.29, 0.717) is 34.9 Å². The van der Waals surface area contributed by atoms with E-state index in [1.54, 1.807) is 32.8 Å². The number of aromatic nitrogens is 4. The van der Waals surface area contributed by atoms with Crippen LogP contribution < -0.4 is 14.8 Å². The second kappa shape index (κ2) is 10.9. The van der Waals surface area contributed by atoms with Gasteiger partial charge in [-0.15, -0.1) is 0 Å². The van der Waals surface area contributed by atoms with Gasteiger partial charge in [0, 0.05) is 60.3 Å². The lowest BCUT2D eigenvalue weighted by Gasteiger charge is -2.13. The molecular weight excluding hydrogens is 466 g/mol. The Morgan fingerprint density at radius 3 is 2.49 bits per heavy atom. The third-order valence-corrected chi connectivity index (χ3v) is 6.14. The molecule has 0 saturated heterocycles. The van der Waals surface area contributed by atoms with Crippen LogP contribution in [-0.4, -0.2) is 39.4 Å². The Balaban J connectivity index is 1.34. The summed E-state index contributed by atoms with van der Waals surface area (Å²) in [6.45, 7) is 0. The number of carbonyl (C=O) groups is 1. The fourth-order valence-corrected chi connectivity index (χ4v) is 4.18. The summed E-state index contributed by atoms with van der Waals surface area (Å²) in [6.07, 6.45) is 11.2. The van der Waals surface area contributed by atoms with E-state index in [2.05, 4.69) is 15.3 Å². The minimum absolute atomic E-state index is 0.134. The molecule has 0 radical (unpaired) electrons. The number of fused-ring (bicyclic) bond motifs is 1. The Hall–Kier alpha value is -4.72. The molecule has 0 bridgehead atoms. The summed E-state index contributed by atoms with van der Waals surface area (Å²) < 4.78 is 12.7. The van der Waals surface area contributed by atoms with E-state index < -0.39 is 0 Å². The number of Topliss-reactive ketones (excluding diaryl/α,β-unsaturated/α-hetero) is 1. The van der Waals surface area contributed by atoms with Gasteiger partial charge in [0.25, 0.3) is 0 Å². The van der Waals surface area contributed by atoms with Gasteiger partial charge in [0.1, 0.15) is 0 Å². The number of pyridine rings is 1. The number of nitrogens with zero attached hydrogens (tertiary/aromatic N) is 4. The van der Waals surface area contributed by atoms with E-state index >= 15 is 0 Å². The highest BCUT2D eigenvalue weighted by Crippen LogP contribution is 2.32. The molecule has 0 atom stereocenters. The van der Waals surface area contributed by atoms with Gasteiger partial charge < -0.3 is 19.2 Å². The zero-order valence-electron chi connectivity index (χ0n) is 20.7. The summed E-state index contributed by atoms with van der Waals surface area (Å²) in [6, 6.07) is 17.1. The van der Waals surface area contributed by atoms with Crippen molar-refractivity contribution >= 4 is 22.9 Å². The van der Waals surface area contributed by atoms with E-state index in [1.807, 2.05) is 71.4 Å². The number of imidazole rings is 1. The molecule has 0 aliphatic heterocycles. The van der Waals surface area contributed by atoms with Crippen LogP contribution in [0.2, 0.25) is 0 Å². The number of hydrogen-bond acceptors (Lipinski definition) is 7. The number of rotatable bonds is 10. The zero-order valence-corrected chi connectivity index (χ0v) is 20.7. The van der Waals surface area contributed by atoms with Gasteiger partial charge in [-0.2, -0.15) is 0 Å². The van der Waals surface area contributed by atoms with E-state index in [-0.39, 0.29) is 5.78 Å². The van der Waals surface area contributed by atoms with Crippen molar-refractivity contribution in [3.05, 3.63) is 96.7 Å². The van der Waals surface area contributed by atoms with Gasteiger partial charge in [-0.25, -0.2) is 9.97 Å². The van der Waals surface area contributed by atoms with Crippen molar-refractivity contribution in [2.24, 2.45) is 0 Å². The molecule has 2 aromatic carbocycles. The quantitative estimate of drug-likeness (QED) is 0.247. The summed E-state index contributed by atoms with van der Waals surface area (Å²) in [5.74, 6) is 2.00. The van der Waals surface area contributed by atoms with Crippen molar-refractivity contribution in [1.82, 2.24) is 19.4 Å². The molecule has 3 heterocycles. The van der Waals surface area contributed by atoms with Crippen molar-refractivity contribution in [2.75, 3.05) is 19.5 Å². The monoisotopic (exact) mass is 493 g/mol. The maximum atomic E-state index is 12.7. The first kappa shape index (κ1) is 24.0. The first-order valence-electron chi connectivity index (χ1n) is 12.0. The van der Waals surface area contributed by atoms with E-state index in [1.165, 1.54) is 5.56 Å². The predicted molar refractivity (Wildman–Crippen MR) is 143 cm³/mol. The number of carbonyl (C=O) groups excluding carboxylic acids is 1. The number of methoxy groups -OCH3 is 2. The number of hydrogen-bond donors (Lipinski definition) is 1. The molecule has 8 heteroatoms. The van der Waals surface area contributed by atoms with Crippen LogP contribution in [0.15, 0.2) is 85.6 Å². The molecule has 8 nitrogen and oxygen atoms in total. The van der Waals surface area contributed by atoms with Crippen molar-refractivity contribution in [3.63, 3.8) is 0 Å². The topological polar surface area (TPSA) is 90.6 Å². The SMILES string of the molecule is COc1ccc(Nc2nc(-c3ccc(C(=O)CCCc4ccncc4)cc3)cn3ccnc23)cc1OC. The lowest BCUT2D eigenvalue weighted by molar-refractivity contribution is 0.0980. The largest absolute Gasteiger partial charge is 0.493 e. The molecule has 0 spiro atoms. The van der Waals surface area contributed by atoms with Gasteiger partial charge in [-0.1, -0.05) is 24.3 Å². The van der Waals surface area contributed by atoms with Crippen LogP contribution in [0.4, 0.5) is 11.5 Å². The molecule has 5 rings (SSSR count). The minimum Gasteiger partial charge on any atom is -0.493 e. The maximum Gasteiger partial charge on any atom is 0.180 e. The molecule has 186 valence electrons. The molecule has 3 aromatic heterocycles. The van der Waals surface area contributed by atoms with Gasteiger partial charge in [0.05, 0.1) is 19.9 Å². The number of anilines is 2. The molecule has 0 unspecified atom stereocenters. The molecule has 0 saturated carbocycles. The number of nitrogens with one attached hydrogen (secondary N) is 1. The van der Waals surface area contributed by atoms with Gasteiger partial charge in [-0.05, 0) is 42.7 Å². The second-order valence-electron chi connectivity index (χ2n) is 8.54. The van der Waals surface area contributed by atoms with Crippen LogP contribution in [0.5, 0.6) is 11.5 Å². The lowest BCUT2D eigenvalue weighted by atomic mass is 10.0. The first-order chi connectivity index (χ1) is 18.1. The van der Waals surface area contributed by atoms with E-state index in [9.17, 15) is 4.79 Å². The molecule has 1 N–H and O–H groups in total. The van der Waals surface area contributed by atoms with Crippen molar-refractivity contribution in [1.29, 1.82) is 0 Å². The first-order valence-corrected chi connectivity index (χ1v) is 12.0. The molecule has 0 aliphatic rings. The standard InChI is InChI=1S/C29H27N5O3/c1-36-26-11-10-23(18-27(26)37-2)32-28-29-31-16-17-34(29)19-24(33-28)21-6-8-22(9-7-21)25(35)5-3-4-20-12-14-30-15-13-20/h6-19H,3-5H2,1-2H3,(H,32,33). The summed E-state index contributed by atoms with van der Waals surface area (Å²) >= 11 is 0. The highest BCUT2D eigenvalue weighted by Gasteiger charge is 2.13. The predicted octanol–water partition coefficient (Wildman–Crippen LogP) is 5.76. The van der Waals surface area contributed by atoms with E-state index in [0.717, 1.165) is 29.8 Å². The average Bonchev–Trinajstić information content (AvgIpc) is 3.43. The molecule has 0 fully saturated rings. The van der Waals surface area contributed by atoms with Crippen LogP contribution in [0.25, 0.3) is 16.9 Å². The highest BCUT2D eigenvalue weighted by molar-refractivity contribution is 5.96. The van der Waals surface area contributed by atoms with Gasteiger partial charge in [0.2, 0.25) is 0 Å². The normalized spacial score (nSPS) is 10.9. The number of ketones is 1. The fraction of sp³-hybridized carbons (Fsp3) is 0.172. The van der Waals surface area contributed by atoms with Crippen molar-refractivity contribution < 1.29 is 14.3 Å². The van der Waals surface area contributed by atoms with E-state index in [4.69, 9.17) is 14.5 Å². The Morgan fingerprint density at radius 1 is 0.946 bits per heavy atom. The Kier molecular flexibility index (Phi) is 7.07. The smallest absolute Gasteiger partial charge is 0.180 e. The average molecular weight is 494 g/mol. The second-order valence-corrected chi connectivity index (χ2v) is 8.54. The summed E-state index contributed by atoms with van der Waals surface area (Å²) in [5, 5.41) is 3.35. The number of aryl methyl sites for hydroxylation is 1. The fourth-order valence-electron chi connectivity index (χ4n) is 4.18.